The van der Waals surface area contributed by atoms with Gasteiger partial charge in [0.05, 0.1) is 18.2 Å². The highest BCUT2D eigenvalue weighted by molar-refractivity contribution is 6.31. The third kappa shape index (κ3) is 6.54. The Morgan fingerprint density at radius 2 is 1.76 bits per heavy atom. The van der Waals surface area contributed by atoms with Gasteiger partial charge in [0.1, 0.15) is 11.6 Å². The van der Waals surface area contributed by atoms with Crippen molar-refractivity contribution in [3.63, 3.8) is 0 Å². The lowest BCUT2D eigenvalue weighted by molar-refractivity contribution is -0.113. The fourth-order valence-electron chi connectivity index (χ4n) is 3.46. The normalized spacial score (nSPS) is 13.8. The van der Waals surface area contributed by atoms with Crippen molar-refractivity contribution in [1.29, 1.82) is 0 Å². The molecule has 2 aromatic carbocycles. The summed E-state index contributed by atoms with van der Waals surface area (Å²) in [5, 5.41) is 9.34. The number of hydrogen-bond donors (Lipinski definition) is 3. The molecule has 7 nitrogen and oxygen atoms in total. The second-order valence-electron chi connectivity index (χ2n) is 7.84. The summed E-state index contributed by atoms with van der Waals surface area (Å²) in [7, 11) is 0. The second kappa shape index (κ2) is 11.1. The minimum absolute atomic E-state index is 0.0331. The smallest absolute Gasteiger partial charge is 0.252 e. The van der Waals surface area contributed by atoms with E-state index in [0.29, 0.717) is 42.5 Å². The van der Waals surface area contributed by atoms with Gasteiger partial charge in [0.25, 0.3) is 5.91 Å². The van der Waals surface area contributed by atoms with Gasteiger partial charge >= 0.3 is 0 Å². The third-order valence-electron chi connectivity index (χ3n) is 5.20. The molecular formula is C25H25ClFN5O2. The first-order chi connectivity index (χ1) is 16.5. The lowest BCUT2D eigenvalue weighted by atomic mass is 10.2. The molecule has 9 heteroatoms. The molecule has 1 aliphatic rings. The van der Waals surface area contributed by atoms with Gasteiger partial charge in [0.15, 0.2) is 0 Å². The number of halogens is 2. The van der Waals surface area contributed by atoms with E-state index in [9.17, 15) is 9.18 Å². The number of hydrogen-bond acceptors (Lipinski definition) is 6. The lowest BCUT2D eigenvalue weighted by Gasteiger charge is -2.26. The maximum absolute atomic E-state index is 13.4. The van der Waals surface area contributed by atoms with Crippen molar-refractivity contribution in [2.45, 2.75) is 0 Å². The third-order valence-corrected chi connectivity index (χ3v) is 5.49. The van der Waals surface area contributed by atoms with Gasteiger partial charge in [-0.1, -0.05) is 24.2 Å². The number of morpholine rings is 1. The molecule has 0 saturated carbocycles. The maximum Gasteiger partial charge on any atom is 0.252 e. The standard InChI is InChI=1S/C25H25ClFN5O2/c1-17(16-32-9-11-34-12-10-32)25(33)31-19-4-2-3-18(13-19)29-21-7-8-28-24(15-21)30-20-5-6-23(27)22(26)14-20/h2-8,13-15H,1,9-12,16H2,(H,31,33)(H2,28,29,30). The first-order valence-corrected chi connectivity index (χ1v) is 11.2. The molecule has 176 valence electrons. The minimum Gasteiger partial charge on any atom is -0.379 e. The monoisotopic (exact) mass is 481 g/mol. The number of carbonyl (C=O) groups excluding carboxylic acids is 1. The van der Waals surface area contributed by atoms with E-state index < -0.39 is 5.82 Å². The quantitative estimate of drug-likeness (QED) is 0.384. The molecule has 34 heavy (non-hydrogen) atoms. The summed E-state index contributed by atoms with van der Waals surface area (Å²) in [6.45, 7) is 7.38. The highest BCUT2D eigenvalue weighted by Gasteiger charge is 2.15. The topological polar surface area (TPSA) is 78.5 Å². The first kappa shape index (κ1) is 23.7. The fraction of sp³-hybridized carbons (Fsp3) is 0.200. The number of anilines is 5. The van der Waals surface area contributed by atoms with Crippen LogP contribution < -0.4 is 16.0 Å². The van der Waals surface area contributed by atoms with E-state index >= 15 is 0 Å². The van der Waals surface area contributed by atoms with Crippen molar-refractivity contribution in [1.82, 2.24) is 9.88 Å². The zero-order valence-corrected chi connectivity index (χ0v) is 19.2. The molecule has 0 atom stereocenters. The van der Waals surface area contributed by atoms with Crippen LogP contribution in [0.25, 0.3) is 0 Å². The van der Waals surface area contributed by atoms with Crippen LogP contribution in [0.3, 0.4) is 0 Å². The largest absolute Gasteiger partial charge is 0.379 e. The van der Waals surface area contributed by atoms with Crippen LogP contribution in [0.4, 0.5) is 33.0 Å². The molecule has 1 aromatic heterocycles. The Labute approximate surface area is 202 Å². The van der Waals surface area contributed by atoms with Gasteiger partial charge < -0.3 is 20.7 Å². The number of carbonyl (C=O) groups is 1. The van der Waals surface area contributed by atoms with Gasteiger partial charge in [-0.2, -0.15) is 0 Å². The minimum atomic E-state index is -0.479. The molecule has 0 unspecified atom stereocenters. The lowest BCUT2D eigenvalue weighted by Crippen LogP contribution is -2.38. The van der Waals surface area contributed by atoms with E-state index in [1.807, 2.05) is 36.4 Å². The maximum atomic E-state index is 13.4. The number of rotatable bonds is 8. The van der Waals surface area contributed by atoms with E-state index in [4.69, 9.17) is 16.3 Å². The molecule has 1 amide bonds. The molecule has 0 aliphatic carbocycles. The van der Waals surface area contributed by atoms with Crippen LogP contribution in [0.15, 0.2) is 72.9 Å². The number of aromatic nitrogens is 1. The van der Waals surface area contributed by atoms with Gasteiger partial charge in [-0.05, 0) is 42.5 Å². The average Bonchev–Trinajstić information content (AvgIpc) is 2.82. The van der Waals surface area contributed by atoms with Gasteiger partial charge in [-0.3, -0.25) is 9.69 Å². The number of pyridine rings is 1. The Morgan fingerprint density at radius 1 is 1.03 bits per heavy atom. The van der Waals surface area contributed by atoms with Crippen LogP contribution in [0.5, 0.6) is 0 Å². The predicted octanol–water partition coefficient (Wildman–Crippen LogP) is 5.19. The van der Waals surface area contributed by atoms with Crippen LogP contribution in [0, 0.1) is 5.82 Å². The molecule has 0 bridgehead atoms. The van der Waals surface area contributed by atoms with Crippen molar-refractivity contribution in [2.24, 2.45) is 0 Å². The summed E-state index contributed by atoms with van der Waals surface area (Å²) in [5.41, 5.74) is 3.36. The number of benzene rings is 2. The summed E-state index contributed by atoms with van der Waals surface area (Å²) in [4.78, 5) is 19.0. The van der Waals surface area contributed by atoms with Crippen molar-refractivity contribution in [2.75, 3.05) is 48.8 Å². The molecule has 2 heterocycles. The number of amides is 1. The second-order valence-corrected chi connectivity index (χ2v) is 8.24. The summed E-state index contributed by atoms with van der Waals surface area (Å²) in [5.74, 6) is -0.124. The fourth-order valence-corrected chi connectivity index (χ4v) is 3.64. The molecule has 0 radical (unpaired) electrons. The van der Waals surface area contributed by atoms with Crippen molar-refractivity contribution >= 4 is 46.1 Å². The van der Waals surface area contributed by atoms with Crippen LogP contribution in [0.1, 0.15) is 0 Å². The van der Waals surface area contributed by atoms with Crippen LogP contribution in [0.2, 0.25) is 5.02 Å². The number of nitrogens with zero attached hydrogens (tertiary/aromatic N) is 2. The summed E-state index contributed by atoms with van der Waals surface area (Å²) < 4.78 is 18.7. The van der Waals surface area contributed by atoms with Crippen LogP contribution >= 0.6 is 11.6 Å². The Morgan fingerprint density at radius 3 is 2.56 bits per heavy atom. The SMILES string of the molecule is C=C(CN1CCOCC1)C(=O)Nc1cccc(Nc2ccnc(Nc3ccc(F)c(Cl)c3)c2)c1. The average molecular weight is 482 g/mol. The number of ether oxygens (including phenoxy) is 1. The molecule has 4 rings (SSSR count). The van der Waals surface area contributed by atoms with Gasteiger partial charge in [-0.15, -0.1) is 0 Å². The van der Waals surface area contributed by atoms with Gasteiger partial charge in [-0.25, -0.2) is 9.37 Å². The van der Waals surface area contributed by atoms with Gasteiger partial charge in [0.2, 0.25) is 0 Å². The zero-order chi connectivity index (χ0) is 23.9. The summed E-state index contributed by atoms with van der Waals surface area (Å²) >= 11 is 5.85. The Bertz CT molecular complexity index is 1180. The highest BCUT2D eigenvalue weighted by atomic mass is 35.5. The highest BCUT2D eigenvalue weighted by Crippen LogP contribution is 2.25. The molecular weight excluding hydrogens is 457 g/mol. The Kier molecular flexibility index (Phi) is 7.74. The molecule has 1 fully saturated rings. The van der Waals surface area contributed by atoms with E-state index in [2.05, 4.69) is 32.4 Å². The van der Waals surface area contributed by atoms with E-state index in [0.717, 1.165) is 24.5 Å². The molecule has 1 aliphatic heterocycles. The van der Waals surface area contributed by atoms with E-state index in [1.54, 1.807) is 12.3 Å². The predicted molar refractivity (Wildman–Crippen MR) is 134 cm³/mol. The molecule has 3 aromatic rings. The Hall–Kier alpha value is -3.46. The van der Waals surface area contributed by atoms with Crippen LogP contribution in [-0.2, 0) is 9.53 Å². The molecule has 3 N–H and O–H groups in total. The van der Waals surface area contributed by atoms with Crippen molar-refractivity contribution < 1.29 is 13.9 Å². The first-order valence-electron chi connectivity index (χ1n) is 10.8. The summed E-state index contributed by atoms with van der Waals surface area (Å²) in [6, 6.07) is 15.4. The van der Waals surface area contributed by atoms with Crippen LogP contribution in [-0.4, -0.2) is 48.6 Å². The Balaban J connectivity index is 1.37. The van der Waals surface area contributed by atoms with Gasteiger partial charge in [0, 0.05) is 60.2 Å². The molecule has 1 saturated heterocycles. The molecule has 0 spiro atoms. The van der Waals surface area contributed by atoms with Crippen molar-refractivity contribution in [3.8, 4) is 0 Å². The zero-order valence-electron chi connectivity index (χ0n) is 18.5. The summed E-state index contributed by atoms with van der Waals surface area (Å²) in [6.07, 6.45) is 1.65. The van der Waals surface area contributed by atoms with Crippen molar-refractivity contribution in [3.05, 3.63) is 83.8 Å². The van der Waals surface area contributed by atoms with E-state index in [-0.39, 0.29) is 10.9 Å². The van der Waals surface area contributed by atoms with E-state index in [1.165, 1.54) is 12.1 Å². The number of nitrogens with one attached hydrogen (secondary N) is 3.